The number of benzene rings is 2. The maximum absolute atomic E-state index is 13.1. The van der Waals surface area contributed by atoms with E-state index in [0.29, 0.717) is 6.04 Å². The minimum Gasteiger partial charge on any atom is -0.316 e. The first-order chi connectivity index (χ1) is 9.60. The van der Waals surface area contributed by atoms with Crippen molar-refractivity contribution in [2.45, 2.75) is 25.8 Å². The Morgan fingerprint density at radius 2 is 1.80 bits per heavy atom. The van der Waals surface area contributed by atoms with Crippen LogP contribution in [0.4, 0.5) is 4.39 Å². The van der Waals surface area contributed by atoms with Crippen LogP contribution in [0.2, 0.25) is 0 Å². The Morgan fingerprint density at radius 1 is 1.10 bits per heavy atom. The van der Waals surface area contributed by atoms with Crippen LogP contribution in [0.25, 0.3) is 0 Å². The number of nitrogens with one attached hydrogen (secondary N) is 1. The normalized spacial score (nSPS) is 12.4. The highest BCUT2D eigenvalue weighted by Gasteiger charge is 2.12. The average molecular weight is 336 g/mol. The van der Waals surface area contributed by atoms with Gasteiger partial charge >= 0.3 is 0 Å². The van der Waals surface area contributed by atoms with Gasteiger partial charge in [0.1, 0.15) is 5.82 Å². The SMILES string of the molecule is CNC(Cc1ccccc1C)Cc1ccc(F)cc1Br. The molecular weight excluding hydrogens is 317 g/mol. The van der Waals surface area contributed by atoms with Gasteiger partial charge in [-0.05, 0) is 55.6 Å². The number of halogens is 2. The molecule has 2 aromatic carbocycles. The van der Waals surface area contributed by atoms with Crippen molar-refractivity contribution >= 4 is 15.9 Å². The molecule has 0 heterocycles. The largest absolute Gasteiger partial charge is 0.316 e. The third-order valence-corrected chi connectivity index (χ3v) is 4.36. The lowest BCUT2D eigenvalue weighted by Gasteiger charge is -2.18. The van der Waals surface area contributed by atoms with Gasteiger partial charge in [-0.1, -0.05) is 46.3 Å². The summed E-state index contributed by atoms with van der Waals surface area (Å²) in [5, 5.41) is 3.35. The Balaban J connectivity index is 2.11. The first-order valence-corrected chi connectivity index (χ1v) is 7.55. The molecule has 0 saturated carbocycles. The molecule has 3 heteroatoms. The molecule has 0 saturated heterocycles. The van der Waals surface area contributed by atoms with Crippen LogP contribution in [0.1, 0.15) is 16.7 Å². The van der Waals surface area contributed by atoms with E-state index in [4.69, 9.17) is 0 Å². The first kappa shape index (κ1) is 15.2. The summed E-state index contributed by atoms with van der Waals surface area (Å²) < 4.78 is 14.0. The van der Waals surface area contributed by atoms with Crippen molar-refractivity contribution in [2.24, 2.45) is 0 Å². The van der Waals surface area contributed by atoms with E-state index < -0.39 is 0 Å². The lowest BCUT2D eigenvalue weighted by atomic mass is 9.96. The van der Waals surface area contributed by atoms with Gasteiger partial charge in [0.05, 0.1) is 0 Å². The summed E-state index contributed by atoms with van der Waals surface area (Å²) in [6.45, 7) is 2.13. The van der Waals surface area contributed by atoms with Crippen LogP contribution >= 0.6 is 15.9 Å². The molecule has 2 rings (SSSR count). The minimum atomic E-state index is -0.208. The van der Waals surface area contributed by atoms with E-state index in [2.05, 4.69) is 52.4 Å². The highest BCUT2D eigenvalue weighted by Crippen LogP contribution is 2.21. The van der Waals surface area contributed by atoms with Gasteiger partial charge in [0.15, 0.2) is 0 Å². The fraction of sp³-hybridized carbons (Fsp3) is 0.294. The zero-order chi connectivity index (χ0) is 14.5. The van der Waals surface area contributed by atoms with E-state index in [1.165, 1.54) is 23.3 Å². The van der Waals surface area contributed by atoms with Crippen molar-refractivity contribution in [3.05, 3.63) is 69.4 Å². The molecule has 20 heavy (non-hydrogen) atoms. The molecule has 1 N–H and O–H groups in total. The second kappa shape index (κ2) is 7.00. The number of hydrogen-bond acceptors (Lipinski definition) is 1. The standard InChI is InChI=1S/C17H19BrFN/c1-12-5-3-4-6-13(12)9-16(20-2)10-14-7-8-15(19)11-17(14)18/h3-8,11,16,20H,9-10H2,1-2H3. The fourth-order valence-corrected chi connectivity index (χ4v) is 2.85. The molecule has 0 radical (unpaired) electrons. The zero-order valence-corrected chi connectivity index (χ0v) is 13.4. The second-order valence-corrected chi connectivity index (χ2v) is 5.91. The molecule has 1 nitrogen and oxygen atoms in total. The summed E-state index contributed by atoms with van der Waals surface area (Å²) >= 11 is 3.44. The average Bonchev–Trinajstić information content (AvgIpc) is 2.43. The van der Waals surface area contributed by atoms with Crippen LogP contribution in [0, 0.1) is 12.7 Å². The van der Waals surface area contributed by atoms with Gasteiger partial charge in [0.25, 0.3) is 0 Å². The number of hydrogen-bond donors (Lipinski definition) is 1. The first-order valence-electron chi connectivity index (χ1n) is 6.76. The van der Waals surface area contributed by atoms with Crippen LogP contribution in [-0.4, -0.2) is 13.1 Å². The summed E-state index contributed by atoms with van der Waals surface area (Å²) in [5.41, 5.74) is 3.79. The van der Waals surface area contributed by atoms with Crippen LogP contribution in [-0.2, 0) is 12.8 Å². The lowest BCUT2D eigenvalue weighted by Crippen LogP contribution is -2.30. The van der Waals surface area contributed by atoms with Crippen molar-refractivity contribution < 1.29 is 4.39 Å². The summed E-state index contributed by atoms with van der Waals surface area (Å²) in [6, 6.07) is 13.7. The van der Waals surface area contributed by atoms with Gasteiger partial charge in [-0.2, -0.15) is 0 Å². The maximum Gasteiger partial charge on any atom is 0.124 e. The third-order valence-electron chi connectivity index (χ3n) is 3.62. The lowest BCUT2D eigenvalue weighted by molar-refractivity contribution is 0.553. The van der Waals surface area contributed by atoms with Crippen LogP contribution in [0.3, 0.4) is 0 Å². The van der Waals surface area contributed by atoms with E-state index in [9.17, 15) is 4.39 Å². The molecule has 0 aliphatic carbocycles. The molecule has 0 aliphatic rings. The molecule has 1 unspecified atom stereocenters. The Kier molecular flexibility index (Phi) is 5.32. The van der Waals surface area contributed by atoms with Gasteiger partial charge in [-0.25, -0.2) is 4.39 Å². The second-order valence-electron chi connectivity index (χ2n) is 5.06. The van der Waals surface area contributed by atoms with Crippen LogP contribution in [0.15, 0.2) is 46.9 Å². The van der Waals surface area contributed by atoms with Gasteiger partial charge in [-0.15, -0.1) is 0 Å². The van der Waals surface area contributed by atoms with E-state index in [1.807, 2.05) is 13.1 Å². The Bertz CT molecular complexity index is 583. The quantitative estimate of drug-likeness (QED) is 0.860. The number of rotatable bonds is 5. The molecule has 0 spiro atoms. The van der Waals surface area contributed by atoms with E-state index in [0.717, 1.165) is 22.9 Å². The van der Waals surface area contributed by atoms with Crippen molar-refractivity contribution in [3.63, 3.8) is 0 Å². The van der Waals surface area contributed by atoms with Crippen molar-refractivity contribution in [3.8, 4) is 0 Å². The van der Waals surface area contributed by atoms with Crippen LogP contribution < -0.4 is 5.32 Å². The predicted molar refractivity (Wildman–Crippen MR) is 85.5 cm³/mol. The molecule has 0 aromatic heterocycles. The number of likely N-dealkylation sites (N-methyl/N-ethyl adjacent to an activating group) is 1. The van der Waals surface area contributed by atoms with Gasteiger partial charge in [0.2, 0.25) is 0 Å². The molecule has 0 amide bonds. The van der Waals surface area contributed by atoms with Crippen molar-refractivity contribution in [1.82, 2.24) is 5.32 Å². The monoisotopic (exact) mass is 335 g/mol. The molecule has 106 valence electrons. The summed E-state index contributed by atoms with van der Waals surface area (Å²) in [5.74, 6) is -0.208. The molecule has 0 bridgehead atoms. The predicted octanol–water partition coefficient (Wildman–Crippen LogP) is 4.27. The molecule has 2 aromatic rings. The van der Waals surface area contributed by atoms with E-state index in [1.54, 1.807) is 0 Å². The topological polar surface area (TPSA) is 12.0 Å². The summed E-state index contributed by atoms with van der Waals surface area (Å²) in [6.07, 6.45) is 1.83. The van der Waals surface area contributed by atoms with E-state index in [-0.39, 0.29) is 5.82 Å². The maximum atomic E-state index is 13.1. The molecule has 1 atom stereocenters. The number of aryl methyl sites for hydroxylation is 1. The Hall–Kier alpha value is -1.19. The molecule has 0 fully saturated rings. The highest BCUT2D eigenvalue weighted by molar-refractivity contribution is 9.10. The summed E-state index contributed by atoms with van der Waals surface area (Å²) in [7, 11) is 1.97. The van der Waals surface area contributed by atoms with Crippen LogP contribution in [0.5, 0.6) is 0 Å². The van der Waals surface area contributed by atoms with Crippen molar-refractivity contribution in [1.29, 1.82) is 0 Å². The Morgan fingerprint density at radius 3 is 2.45 bits per heavy atom. The smallest absolute Gasteiger partial charge is 0.124 e. The van der Waals surface area contributed by atoms with Gasteiger partial charge in [0, 0.05) is 10.5 Å². The zero-order valence-electron chi connectivity index (χ0n) is 11.8. The van der Waals surface area contributed by atoms with Gasteiger partial charge < -0.3 is 5.32 Å². The molecule has 0 aliphatic heterocycles. The van der Waals surface area contributed by atoms with Gasteiger partial charge in [-0.3, -0.25) is 0 Å². The summed E-state index contributed by atoms with van der Waals surface area (Å²) in [4.78, 5) is 0. The minimum absolute atomic E-state index is 0.208. The fourth-order valence-electron chi connectivity index (χ4n) is 2.33. The van der Waals surface area contributed by atoms with E-state index >= 15 is 0 Å². The highest BCUT2D eigenvalue weighted by atomic mass is 79.9. The molecular formula is C17H19BrFN. The Labute approximate surface area is 128 Å². The van der Waals surface area contributed by atoms with Crippen molar-refractivity contribution in [2.75, 3.05) is 7.05 Å². The third kappa shape index (κ3) is 3.90.